The first kappa shape index (κ1) is 28.1. The van der Waals surface area contributed by atoms with Gasteiger partial charge < -0.3 is 20.1 Å². The maximum Gasteiger partial charge on any atom is 1.00 e. The number of nitrogens with zero attached hydrogens (tertiary/aromatic N) is 3. The van der Waals surface area contributed by atoms with Crippen molar-refractivity contribution in [1.29, 1.82) is 0 Å². The second kappa shape index (κ2) is 10.2. The van der Waals surface area contributed by atoms with Gasteiger partial charge in [0.05, 0.1) is 11.4 Å². The zero-order chi connectivity index (χ0) is 24.0. The van der Waals surface area contributed by atoms with Gasteiger partial charge in [0.25, 0.3) is 18.3 Å². The average molecular weight is 513 g/mol. The Bertz CT molecular complexity index is 1060. The van der Waals surface area contributed by atoms with Crippen molar-refractivity contribution >= 4 is 29.0 Å². The maximum absolute atomic E-state index is 13.9. The van der Waals surface area contributed by atoms with Crippen molar-refractivity contribution in [1.82, 2.24) is 14.9 Å². The van der Waals surface area contributed by atoms with E-state index >= 15 is 0 Å². The van der Waals surface area contributed by atoms with Gasteiger partial charge in [-0.25, -0.2) is 27.5 Å². The molecule has 1 N–H and O–H groups in total. The van der Waals surface area contributed by atoms with Gasteiger partial charge in [0, 0.05) is 35.3 Å². The van der Waals surface area contributed by atoms with E-state index in [4.69, 9.17) is 0 Å². The number of alkyl halides is 4. The number of anilines is 1. The Morgan fingerprint density at radius 3 is 2.45 bits per heavy atom. The van der Waals surface area contributed by atoms with Gasteiger partial charge in [-0.05, 0) is 33.8 Å². The predicted molar refractivity (Wildman–Crippen MR) is 108 cm³/mol. The molecule has 1 atom stereocenters. The Hall–Kier alpha value is -1.12. The van der Waals surface area contributed by atoms with E-state index in [1.165, 1.54) is 6.92 Å². The number of rotatable bonds is 5. The third-order valence-electron chi connectivity index (χ3n) is 4.71. The minimum atomic E-state index is -3.11. The number of carbonyl (C=O) groups is 2. The summed E-state index contributed by atoms with van der Waals surface area (Å²) in [6, 6.07) is 0.259. The normalized spacial score (nSPS) is 17.7. The Morgan fingerprint density at radius 2 is 1.97 bits per heavy atom. The Kier molecular flexibility index (Phi) is 8.73. The van der Waals surface area contributed by atoms with Gasteiger partial charge in [0.2, 0.25) is 0 Å². The summed E-state index contributed by atoms with van der Waals surface area (Å²) in [6.07, 6.45) is -2.47. The van der Waals surface area contributed by atoms with E-state index in [1.54, 1.807) is 0 Å². The average Bonchev–Trinajstić information content (AvgIpc) is 3.20. The van der Waals surface area contributed by atoms with Crippen LogP contribution in [0.3, 0.4) is 0 Å². The van der Waals surface area contributed by atoms with Crippen LogP contribution in [0.15, 0.2) is 12.3 Å². The number of likely N-dealkylation sites (tertiary alicyclic amines) is 1. The van der Waals surface area contributed by atoms with Gasteiger partial charge in [-0.3, -0.25) is 4.79 Å². The Labute approximate surface area is 234 Å². The molecule has 1 amide bonds. The number of thiazole rings is 1. The van der Waals surface area contributed by atoms with Gasteiger partial charge in [-0.2, -0.15) is 0 Å². The van der Waals surface area contributed by atoms with Crippen molar-refractivity contribution in [3.63, 3.8) is 0 Å². The summed E-state index contributed by atoms with van der Waals surface area (Å²) in [5, 5.41) is 13.7. The van der Waals surface area contributed by atoms with Gasteiger partial charge in [-0.15, -0.1) is 11.3 Å². The second-order valence-corrected chi connectivity index (χ2v) is 9.66. The second-order valence-electron chi connectivity index (χ2n) is 8.66. The van der Waals surface area contributed by atoms with Crippen molar-refractivity contribution in [2.24, 2.45) is 0 Å². The SMILES string of the molecule is CC1CC(F)(F)CN1C(=O)c1nc(C(=O)[O-])sc1-c1cnc(NC(C)(C)C)cc1C(F)F.[K+]. The van der Waals surface area contributed by atoms with E-state index < -0.39 is 65.0 Å². The van der Waals surface area contributed by atoms with E-state index in [2.05, 4.69) is 15.3 Å². The minimum absolute atomic E-state index is 0. The molecular weight excluding hydrogens is 491 g/mol. The summed E-state index contributed by atoms with van der Waals surface area (Å²) >= 11 is 0.458. The fourth-order valence-corrected chi connectivity index (χ4v) is 4.37. The quantitative estimate of drug-likeness (QED) is 0.465. The third-order valence-corrected chi connectivity index (χ3v) is 5.78. The number of hydrogen-bond donors (Lipinski definition) is 1. The standard InChI is InChI=1S/C20H22F4N4O3S.K/c1-9-6-20(23,24)8-28(9)17(29)13-14(32-16(26-13)18(30)31)11-7-25-12(27-19(2,3)4)5-10(11)15(21)22;/h5,7,9,15H,6,8H2,1-4H3,(H,25,27)(H,30,31);/q;+1/p-1. The van der Waals surface area contributed by atoms with Crippen LogP contribution in [-0.4, -0.2) is 50.8 Å². The van der Waals surface area contributed by atoms with Crippen LogP contribution in [0.5, 0.6) is 0 Å². The smallest absolute Gasteiger partial charge is 0.542 e. The van der Waals surface area contributed by atoms with Crippen molar-refractivity contribution < 1.29 is 83.6 Å². The summed E-state index contributed by atoms with van der Waals surface area (Å²) in [7, 11) is 0. The van der Waals surface area contributed by atoms with Gasteiger partial charge in [0.1, 0.15) is 22.5 Å². The van der Waals surface area contributed by atoms with E-state index in [0.29, 0.717) is 11.3 Å². The van der Waals surface area contributed by atoms with E-state index in [0.717, 1.165) is 17.2 Å². The number of aromatic nitrogens is 2. The number of nitrogens with one attached hydrogen (secondary N) is 1. The first-order valence-electron chi connectivity index (χ1n) is 9.66. The first-order chi connectivity index (χ1) is 14.7. The summed E-state index contributed by atoms with van der Waals surface area (Å²) < 4.78 is 55.4. The molecule has 0 radical (unpaired) electrons. The van der Waals surface area contributed by atoms with Crippen molar-refractivity contribution in [3.8, 4) is 10.4 Å². The molecule has 1 fully saturated rings. The van der Waals surface area contributed by atoms with Crippen LogP contribution in [0.2, 0.25) is 0 Å². The van der Waals surface area contributed by atoms with Crippen LogP contribution in [-0.2, 0) is 0 Å². The molecule has 13 heteroatoms. The zero-order valence-electron chi connectivity index (χ0n) is 18.7. The predicted octanol–water partition coefficient (Wildman–Crippen LogP) is 0.590. The molecule has 0 aliphatic carbocycles. The Morgan fingerprint density at radius 1 is 1.33 bits per heavy atom. The van der Waals surface area contributed by atoms with Crippen molar-refractivity contribution in [3.05, 3.63) is 28.5 Å². The number of hydrogen-bond acceptors (Lipinski definition) is 7. The van der Waals surface area contributed by atoms with E-state index in [-0.39, 0.29) is 67.6 Å². The molecule has 7 nitrogen and oxygen atoms in total. The number of carboxylic acid groups (broad SMARTS) is 1. The molecule has 1 unspecified atom stereocenters. The number of amides is 1. The maximum atomic E-state index is 13.9. The molecule has 33 heavy (non-hydrogen) atoms. The molecule has 174 valence electrons. The fourth-order valence-electron chi connectivity index (χ4n) is 3.45. The fraction of sp³-hybridized carbons (Fsp3) is 0.500. The number of carbonyl (C=O) groups excluding carboxylic acids is 2. The number of pyridine rings is 1. The first-order valence-corrected chi connectivity index (χ1v) is 10.5. The molecule has 0 bridgehead atoms. The summed E-state index contributed by atoms with van der Waals surface area (Å²) in [5.41, 5.74) is -1.68. The largest absolute Gasteiger partial charge is 1.00 e. The third kappa shape index (κ3) is 6.51. The number of halogens is 4. The van der Waals surface area contributed by atoms with Gasteiger partial charge in [-0.1, -0.05) is 0 Å². The monoisotopic (exact) mass is 512 g/mol. The molecule has 1 aliphatic rings. The van der Waals surface area contributed by atoms with E-state index in [9.17, 15) is 32.3 Å². The number of carboxylic acids is 1. The summed E-state index contributed by atoms with van der Waals surface area (Å²) in [5.74, 6) is -5.64. The molecule has 1 aliphatic heterocycles. The zero-order valence-corrected chi connectivity index (χ0v) is 22.6. The molecule has 0 saturated carbocycles. The van der Waals surface area contributed by atoms with E-state index in [1.807, 2.05) is 20.8 Å². The van der Waals surface area contributed by atoms with Gasteiger partial charge >= 0.3 is 51.4 Å². The molecule has 3 heterocycles. The molecular formula is C20H21F4KN4O3S. The summed E-state index contributed by atoms with van der Waals surface area (Å²) in [6.45, 7) is 5.97. The molecule has 2 aromatic rings. The van der Waals surface area contributed by atoms with Crippen LogP contribution >= 0.6 is 11.3 Å². The molecule has 2 aromatic heterocycles. The molecule has 1 saturated heterocycles. The van der Waals surface area contributed by atoms with Crippen LogP contribution in [0.1, 0.15) is 66.4 Å². The Balaban J connectivity index is 0.00000385. The molecule has 0 spiro atoms. The topological polar surface area (TPSA) is 98.2 Å². The van der Waals surface area contributed by atoms with Crippen LogP contribution in [0.25, 0.3) is 10.4 Å². The van der Waals surface area contributed by atoms with Crippen molar-refractivity contribution in [2.75, 3.05) is 11.9 Å². The van der Waals surface area contributed by atoms with Gasteiger partial charge in [0.15, 0.2) is 0 Å². The van der Waals surface area contributed by atoms with Crippen LogP contribution < -0.4 is 61.8 Å². The number of aromatic carboxylic acids is 1. The van der Waals surface area contributed by atoms with Crippen LogP contribution in [0, 0.1) is 0 Å². The molecule has 0 aromatic carbocycles. The molecule has 3 rings (SSSR count). The van der Waals surface area contributed by atoms with Crippen molar-refractivity contribution in [2.45, 2.75) is 58.0 Å². The minimum Gasteiger partial charge on any atom is -0.542 e. The van der Waals surface area contributed by atoms with Crippen LogP contribution in [0.4, 0.5) is 23.4 Å². The summed E-state index contributed by atoms with van der Waals surface area (Å²) in [4.78, 5) is 32.9.